The predicted octanol–water partition coefficient (Wildman–Crippen LogP) is 26.3. The normalized spacial score (nSPS) is 12.0. The van der Waals surface area contributed by atoms with Crippen molar-refractivity contribution < 1.29 is 28.6 Å². The molecule has 0 heterocycles. The van der Waals surface area contributed by atoms with Crippen molar-refractivity contribution in [3.8, 4) is 0 Å². The fourth-order valence-electron chi connectivity index (χ4n) is 12.0. The van der Waals surface area contributed by atoms with Crippen LogP contribution in [-0.4, -0.2) is 37.2 Å². The van der Waals surface area contributed by atoms with Crippen LogP contribution in [0.3, 0.4) is 0 Å². The van der Waals surface area contributed by atoms with E-state index in [1.807, 2.05) is 0 Å². The van der Waals surface area contributed by atoms with E-state index in [0.29, 0.717) is 19.3 Å². The third-order valence-corrected chi connectivity index (χ3v) is 17.8. The molecule has 0 aromatic carbocycles. The van der Waals surface area contributed by atoms with Gasteiger partial charge in [0.15, 0.2) is 6.10 Å². The van der Waals surface area contributed by atoms with Gasteiger partial charge in [0.05, 0.1) is 0 Å². The average molecular weight is 1170 g/mol. The molecule has 6 nitrogen and oxygen atoms in total. The van der Waals surface area contributed by atoms with E-state index in [-0.39, 0.29) is 31.1 Å². The highest BCUT2D eigenvalue weighted by molar-refractivity contribution is 5.71. The number of allylic oxidation sites excluding steroid dienone is 2. The number of rotatable bonds is 72. The summed E-state index contributed by atoms with van der Waals surface area (Å²) in [5, 5.41) is 0. The van der Waals surface area contributed by atoms with Crippen molar-refractivity contribution >= 4 is 17.9 Å². The third kappa shape index (κ3) is 70.8. The molecule has 0 saturated heterocycles. The van der Waals surface area contributed by atoms with Gasteiger partial charge in [0.1, 0.15) is 13.2 Å². The summed E-state index contributed by atoms with van der Waals surface area (Å²) >= 11 is 0. The highest BCUT2D eigenvalue weighted by Gasteiger charge is 2.20. The maximum atomic E-state index is 13.0. The first-order valence-corrected chi connectivity index (χ1v) is 38.2. The van der Waals surface area contributed by atoms with E-state index in [1.165, 1.54) is 340 Å². The predicted molar refractivity (Wildman–Crippen MR) is 363 cm³/mol. The second kappa shape index (κ2) is 72.6. The monoisotopic (exact) mass is 1170 g/mol. The van der Waals surface area contributed by atoms with Gasteiger partial charge in [-0.25, -0.2) is 0 Å². The Morgan fingerprint density at radius 1 is 0.229 bits per heavy atom. The molecule has 0 spiro atoms. The van der Waals surface area contributed by atoms with Gasteiger partial charge in [-0.15, -0.1) is 0 Å². The highest BCUT2D eigenvalue weighted by atomic mass is 16.6. The molecule has 0 bridgehead atoms. The van der Waals surface area contributed by atoms with E-state index in [0.717, 1.165) is 64.2 Å². The molecule has 492 valence electrons. The molecule has 0 saturated carbocycles. The van der Waals surface area contributed by atoms with Crippen molar-refractivity contribution in [2.24, 2.45) is 0 Å². The number of hydrogen-bond acceptors (Lipinski definition) is 6. The maximum absolute atomic E-state index is 13.0. The summed E-state index contributed by atoms with van der Waals surface area (Å²) in [6.45, 7) is 6.73. The minimum atomic E-state index is -0.770. The van der Waals surface area contributed by atoms with E-state index in [4.69, 9.17) is 14.2 Å². The van der Waals surface area contributed by atoms with Gasteiger partial charge < -0.3 is 14.2 Å². The van der Waals surface area contributed by atoms with E-state index in [1.54, 1.807) is 0 Å². The first-order chi connectivity index (χ1) is 41.0. The fourth-order valence-corrected chi connectivity index (χ4v) is 12.0. The fraction of sp³-hybridized carbons (Fsp3) is 0.935. The molecule has 1 atom stereocenters. The summed E-state index contributed by atoms with van der Waals surface area (Å²) in [7, 11) is 0. The summed E-state index contributed by atoms with van der Waals surface area (Å²) in [6.07, 6.45) is 88.4. The van der Waals surface area contributed by atoms with Gasteiger partial charge >= 0.3 is 17.9 Å². The van der Waals surface area contributed by atoms with Crippen LogP contribution in [-0.2, 0) is 28.6 Å². The van der Waals surface area contributed by atoms with Crippen molar-refractivity contribution in [1.29, 1.82) is 0 Å². The Morgan fingerprint density at radius 3 is 0.602 bits per heavy atom. The van der Waals surface area contributed by atoms with E-state index in [9.17, 15) is 14.4 Å². The lowest BCUT2D eigenvalue weighted by Crippen LogP contribution is -2.30. The molecular formula is C77H148O6. The second-order valence-corrected chi connectivity index (χ2v) is 26.3. The molecule has 0 rings (SSSR count). The minimum Gasteiger partial charge on any atom is -0.462 e. The number of esters is 3. The molecule has 0 aliphatic rings. The Morgan fingerprint density at radius 2 is 0.398 bits per heavy atom. The standard InChI is InChI=1S/C77H148O6/c1-4-7-10-13-16-19-22-25-28-31-33-34-35-36-37-38-39-40-41-42-43-44-45-47-49-52-55-58-61-64-67-70-76(79)82-73-74(72-81-75(78)69-66-63-60-57-54-51-48-30-27-24-21-18-15-12-9-6-3)83-77(80)71-68-65-62-59-56-53-50-46-32-29-26-23-20-17-14-11-8-5-2/h30,48,74H,4-29,31-47,49-73H2,1-3H3/b48-30-. The van der Waals surface area contributed by atoms with Crippen molar-refractivity contribution in [3.63, 3.8) is 0 Å². The molecule has 0 aliphatic carbocycles. The second-order valence-electron chi connectivity index (χ2n) is 26.3. The van der Waals surface area contributed by atoms with Crippen molar-refractivity contribution in [3.05, 3.63) is 12.2 Å². The Labute approximate surface area is 520 Å². The first kappa shape index (κ1) is 81.2. The Hall–Kier alpha value is -1.85. The smallest absolute Gasteiger partial charge is 0.306 e. The summed E-state index contributed by atoms with van der Waals surface area (Å²) in [5.74, 6) is -0.835. The van der Waals surface area contributed by atoms with Crippen LogP contribution in [0, 0.1) is 0 Å². The minimum absolute atomic E-state index is 0.0654. The zero-order valence-corrected chi connectivity index (χ0v) is 56.8. The molecule has 0 N–H and O–H groups in total. The van der Waals surface area contributed by atoms with Crippen LogP contribution in [0.2, 0.25) is 0 Å². The number of hydrogen-bond donors (Lipinski definition) is 0. The van der Waals surface area contributed by atoms with Crippen molar-refractivity contribution in [2.75, 3.05) is 13.2 Å². The van der Waals surface area contributed by atoms with Crippen molar-refractivity contribution in [2.45, 2.75) is 451 Å². The number of unbranched alkanes of at least 4 members (excludes halogenated alkanes) is 59. The van der Waals surface area contributed by atoms with Gasteiger partial charge in [0.25, 0.3) is 0 Å². The molecule has 0 fully saturated rings. The van der Waals surface area contributed by atoms with Gasteiger partial charge in [-0.05, 0) is 44.9 Å². The molecule has 0 radical (unpaired) electrons. The topological polar surface area (TPSA) is 78.9 Å². The van der Waals surface area contributed by atoms with Gasteiger partial charge in [-0.3, -0.25) is 14.4 Å². The quantitative estimate of drug-likeness (QED) is 0.0261. The van der Waals surface area contributed by atoms with E-state index < -0.39 is 6.10 Å². The zero-order valence-electron chi connectivity index (χ0n) is 56.8. The molecule has 0 aromatic heterocycles. The zero-order chi connectivity index (χ0) is 59.9. The number of ether oxygens (including phenoxy) is 3. The van der Waals surface area contributed by atoms with Gasteiger partial charge in [0, 0.05) is 19.3 Å². The van der Waals surface area contributed by atoms with Crippen LogP contribution in [0.15, 0.2) is 12.2 Å². The lowest BCUT2D eigenvalue weighted by molar-refractivity contribution is -0.167. The lowest BCUT2D eigenvalue weighted by atomic mass is 10.0. The highest BCUT2D eigenvalue weighted by Crippen LogP contribution is 2.20. The molecule has 1 unspecified atom stereocenters. The molecular weight excluding hydrogens is 1020 g/mol. The van der Waals surface area contributed by atoms with Gasteiger partial charge in [-0.2, -0.15) is 0 Å². The largest absolute Gasteiger partial charge is 0.462 e. The Kier molecular flexibility index (Phi) is 71.0. The Balaban J connectivity index is 4.15. The van der Waals surface area contributed by atoms with E-state index in [2.05, 4.69) is 32.9 Å². The summed E-state index contributed by atoms with van der Waals surface area (Å²) in [5.41, 5.74) is 0. The molecule has 0 amide bonds. The average Bonchev–Trinajstić information content (AvgIpc) is 3.49. The maximum Gasteiger partial charge on any atom is 0.306 e. The lowest BCUT2D eigenvalue weighted by Gasteiger charge is -2.18. The summed E-state index contributed by atoms with van der Waals surface area (Å²) in [4.78, 5) is 38.5. The molecule has 83 heavy (non-hydrogen) atoms. The van der Waals surface area contributed by atoms with Crippen LogP contribution in [0.1, 0.15) is 445 Å². The van der Waals surface area contributed by atoms with Gasteiger partial charge in [0.2, 0.25) is 0 Å². The van der Waals surface area contributed by atoms with Crippen molar-refractivity contribution in [1.82, 2.24) is 0 Å². The van der Waals surface area contributed by atoms with Crippen LogP contribution >= 0.6 is 0 Å². The van der Waals surface area contributed by atoms with E-state index >= 15 is 0 Å². The van der Waals surface area contributed by atoms with Gasteiger partial charge in [-0.1, -0.05) is 392 Å². The third-order valence-electron chi connectivity index (χ3n) is 17.8. The van der Waals surface area contributed by atoms with Crippen LogP contribution in [0.5, 0.6) is 0 Å². The SMILES string of the molecule is CCCCCCCCC/C=C\CCCCCCCC(=O)OCC(COC(=O)CCCCCCCCCCCCCCCCCCCCCCCCCCCCCCCCC)OC(=O)CCCCCCCCCCCCCCCCCCCC. The summed E-state index contributed by atoms with van der Waals surface area (Å²) < 4.78 is 17.0. The van der Waals surface area contributed by atoms with Crippen LogP contribution < -0.4 is 0 Å². The molecule has 6 heteroatoms. The van der Waals surface area contributed by atoms with Crippen LogP contribution in [0.25, 0.3) is 0 Å². The molecule has 0 aliphatic heterocycles. The Bertz CT molecular complexity index is 1300. The first-order valence-electron chi connectivity index (χ1n) is 38.2. The summed E-state index contributed by atoms with van der Waals surface area (Å²) in [6, 6.07) is 0. The number of carbonyl (C=O) groups excluding carboxylic acids is 3. The van der Waals surface area contributed by atoms with Crippen LogP contribution in [0.4, 0.5) is 0 Å². The molecule has 0 aromatic rings. The number of carbonyl (C=O) groups is 3.